The lowest BCUT2D eigenvalue weighted by molar-refractivity contribution is -0.121. The molecule has 0 saturated heterocycles. The molecule has 7 nitrogen and oxygen atoms in total. The van der Waals surface area contributed by atoms with E-state index < -0.39 is 0 Å². The molecule has 1 N–H and O–H groups in total. The number of rotatable bonds is 8. The maximum absolute atomic E-state index is 13.3. The molecule has 0 atom stereocenters. The Morgan fingerprint density at radius 2 is 2.03 bits per heavy atom. The maximum atomic E-state index is 13.3. The lowest BCUT2D eigenvalue weighted by Gasteiger charge is -2.14. The van der Waals surface area contributed by atoms with Crippen LogP contribution in [0.4, 0.5) is 0 Å². The Kier molecular flexibility index (Phi) is 6.87. The molecule has 2 aromatic heterocycles. The lowest BCUT2D eigenvalue weighted by atomic mass is 10.2. The van der Waals surface area contributed by atoms with Gasteiger partial charge in [0.25, 0.3) is 5.56 Å². The summed E-state index contributed by atoms with van der Waals surface area (Å²) < 4.78 is 8.69. The van der Waals surface area contributed by atoms with Gasteiger partial charge in [-0.15, -0.1) is 0 Å². The third-order valence-electron chi connectivity index (χ3n) is 4.83. The minimum atomic E-state index is -0.165. The molecule has 0 bridgehead atoms. The van der Waals surface area contributed by atoms with Gasteiger partial charge < -0.3 is 14.6 Å². The fourth-order valence-electron chi connectivity index (χ4n) is 3.42. The van der Waals surface area contributed by atoms with Gasteiger partial charge in [0.05, 0.1) is 12.6 Å². The van der Waals surface area contributed by atoms with Crippen LogP contribution in [0.25, 0.3) is 11.0 Å². The Morgan fingerprint density at radius 1 is 1.27 bits per heavy atom. The number of ether oxygens (including phenoxy) is 1. The SMILES string of the molecule is COc1cccc(CNC(=O)Cn2c(C)cc3nc(SC)n(CC(C)C)c(=O)c32)c1. The number of nitrogens with zero attached hydrogens (tertiary/aromatic N) is 3. The quantitative estimate of drug-likeness (QED) is 0.440. The number of hydrogen-bond acceptors (Lipinski definition) is 5. The van der Waals surface area contributed by atoms with Crippen molar-refractivity contribution in [3.63, 3.8) is 0 Å². The summed E-state index contributed by atoms with van der Waals surface area (Å²) in [6, 6.07) is 9.42. The number of fused-ring (bicyclic) bond motifs is 1. The van der Waals surface area contributed by atoms with Gasteiger partial charge in [0.1, 0.15) is 17.8 Å². The number of aromatic nitrogens is 3. The van der Waals surface area contributed by atoms with Crippen molar-refractivity contribution in [1.82, 2.24) is 19.4 Å². The first-order chi connectivity index (χ1) is 14.3. The third kappa shape index (κ3) is 4.70. The van der Waals surface area contributed by atoms with Crippen LogP contribution in [0.1, 0.15) is 25.1 Å². The van der Waals surface area contributed by atoms with E-state index in [-0.39, 0.29) is 18.0 Å². The van der Waals surface area contributed by atoms with E-state index in [0.717, 1.165) is 17.0 Å². The molecular weight excluding hydrogens is 400 g/mol. The highest BCUT2D eigenvalue weighted by Gasteiger charge is 2.18. The van der Waals surface area contributed by atoms with Crippen molar-refractivity contribution in [2.24, 2.45) is 5.92 Å². The molecule has 30 heavy (non-hydrogen) atoms. The van der Waals surface area contributed by atoms with Crippen molar-refractivity contribution < 1.29 is 9.53 Å². The fraction of sp³-hybridized carbons (Fsp3) is 0.409. The van der Waals surface area contributed by atoms with Crippen LogP contribution in [0.5, 0.6) is 5.75 Å². The van der Waals surface area contributed by atoms with Crippen molar-refractivity contribution in [1.29, 1.82) is 0 Å². The van der Waals surface area contributed by atoms with E-state index in [1.54, 1.807) is 16.2 Å². The van der Waals surface area contributed by atoms with Crippen LogP contribution in [-0.2, 0) is 24.4 Å². The van der Waals surface area contributed by atoms with E-state index in [9.17, 15) is 9.59 Å². The van der Waals surface area contributed by atoms with Crippen LogP contribution in [0.15, 0.2) is 40.3 Å². The molecule has 1 aromatic carbocycles. The number of amides is 1. The molecule has 3 aromatic rings. The minimum Gasteiger partial charge on any atom is -0.497 e. The molecule has 0 radical (unpaired) electrons. The van der Waals surface area contributed by atoms with E-state index in [1.165, 1.54) is 11.8 Å². The molecule has 0 saturated carbocycles. The molecule has 160 valence electrons. The van der Waals surface area contributed by atoms with Gasteiger partial charge in [-0.2, -0.15) is 0 Å². The number of methoxy groups -OCH3 is 1. The molecule has 1 amide bonds. The smallest absolute Gasteiger partial charge is 0.278 e. The number of thioether (sulfide) groups is 1. The van der Waals surface area contributed by atoms with Crippen molar-refractivity contribution in [3.05, 3.63) is 51.9 Å². The van der Waals surface area contributed by atoms with Crippen LogP contribution in [0.3, 0.4) is 0 Å². The van der Waals surface area contributed by atoms with Gasteiger partial charge in [0.2, 0.25) is 5.91 Å². The normalized spacial score (nSPS) is 11.3. The molecule has 0 aliphatic heterocycles. The Labute approximate surface area is 180 Å². The highest BCUT2D eigenvalue weighted by molar-refractivity contribution is 7.98. The summed E-state index contributed by atoms with van der Waals surface area (Å²) in [5.74, 6) is 0.890. The molecule has 0 fully saturated rings. The highest BCUT2D eigenvalue weighted by Crippen LogP contribution is 2.20. The average molecular weight is 429 g/mol. The topological polar surface area (TPSA) is 78.2 Å². The number of benzene rings is 1. The second-order valence-electron chi connectivity index (χ2n) is 7.64. The number of carbonyl (C=O) groups excluding carboxylic acids is 1. The van der Waals surface area contributed by atoms with Gasteiger partial charge in [-0.25, -0.2) is 4.98 Å². The summed E-state index contributed by atoms with van der Waals surface area (Å²) in [6.45, 7) is 7.07. The third-order valence-corrected chi connectivity index (χ3v) is 5.51. The van der Waals surface area contributed by atoms with Crippen molar-refractivity contribution in [2.75, 3.05) is 13.4 Å². The maximum Gasteiger partial charge on any atom is 0.278 e. The van der Waals surface area contributed by atoms with Gasteiger partial charge in [-0.1, -0.05) is 37.7 Å². The van der Waals surface area contributed by atoms with Crippen molar-refractivity contribution >= 4 is 28.7 Å². The lowest BCUT2D eigenvalue weighted by Crippen LogP contribution is -2.30. The molecule has 2 heterocycles. The summed E-state index contributed by atoms with van der Waals surface area (Å²) in [7, 11) is 1.61. The molecule has 0 aliphatic rings. The van der Waals surface area contributed by atoms with Crippen LogP contribution >= 0.6 is 11.8 Å². The highest BCUT2D eigenvalue weighted by atomic mass is 32.2. The van der Waals surface area contributed by atoms with Crippen molar-refractivity contribution in [3.8, 4) is 5.75 Å². The largest absolute Gasteiger partial charge is 0.497 e. The molecule has 0 aliphatic carbocycles. The van der Waals surface area contributed by atoms with E-state index in [2.05, 4.69) is 24.1 Å². The first kappa shape index (κ1) is 22.0. The molecule has 8 heteroatoms. The van der Waals surface area contributed by atoms with Gasteiger partial charge >= 0.3 is 0 Å². The summed E-state index contributed by atoms with van der Waals surface area (Å²) in [4.78, 5) is 30.6. The van der Waals surface area contributed by atoms with Gasteiger partial charge in [0.15, 0.2) is 5.16 Å². The van der Waals surface area contributed by atoms with Crippen LogP contribution in [0.2, 0.25) is 0 Å². The standard InChI is InChI=1S/C22H28N4O3S/c1-14(2)12-26-21(28)20-18(24-22(26)30-5)9-15(3)25(20)13-19(27)23-11-16-7-6-8-17(10-16)29-4/h6-10,14H,11-13H2,1-5H3,(H,23,27). The van der Waals surface area contributed by atoms with Crippen LogP contribution < -0.4 is 15.6 Å². The van der Waals surface area contributed by atoms with E-state index in [0.29, 0.717) is 35.2 Å². The van der Waals surface area contributed by atoms with Crippen LogP contribution in [0, 0.1) is 12.8 Å². The zero-order chi connectivity index (χ0) is 21.8. The Bertz CT molecular complexity index is 1120. The summed E-state index contributed by atoms with van der Waals surface area (Å²) >= 11 is 1.46. The molecular formula is C22H28N4O3S. The fourth-order valence-corrected chi connectivity index (χ4v) is 3.98. The predicted octanol–water partition coefficient (Wildman–Crippen LogP) is 3.21. The van der Waals surface area contributed by atoms with E-state index >= 15 is 0 Å². The summed E-state index contributed by atoms with van der Waals surface area (Å²) in [5.41, 5.74) is 2.78. The second-order valence-corrected chi connectivity index (χ2v) is 8.42. The zero-order valence-electron chi connectivity index (χ0n) is 18.1. The van der Waals surface area contributed by atoms with Crippen molar-refractivity contribution in [2.45, 2.75) is 45.6 Å². The van der Waals surface area contributed by atoms with Gasteiger partial charge in [0, 0.05) is 18.8 Å². The monoisotopic (exact) mass is 428 g/mol. The van der Waals surface area contributed by atoms with Gasteiger partial charge in [-0.3, -0.25) is 14.2 Å². The van der Waals surface area contributed by atoms with E-state index in [4.69, 9.17) is 4.74 Å². The minimum absolute atomic E-state index is 0.0660. The number of carbonyl (C=O) groups is 1. The number of hydrogen-bond donors (Lipinski definition) is 1. The zero-order valence-corrected chi connectivity index (χ0v) is 18.9. The first-order valence-corrected chi connectivity index (χ1v) is 11.1. The van der Waals surface area contributed by atoms with Crippen LogP contribution in [-0.4, -0.2) is 33.4 Å². The molecule has 0 spiro atoms. The number of aryl methyl sites for hydroxylation is 1. The van der Waals surface area contributed by atoms with E-state index in [1.807, 2.05) is 43.5 Å². The predicted molar refractivity (Wildman–Crippen MR) is 120 cm³/mol. The number of nitrogens with one attached hydrogen (secondary N) is 1. The Balaban J connectivity index is 1.87. The molecule has 0 unspecified atom stereocenters. The Morgan fingerprint density at radius 3 is 2.70 bits per heavy atom. The second kappa shape index (κ2) is 9.38. The average Bonchev–Trinajstić information content (AvgIpc) is 3.03. The molecule has 3 rings (SSSR count). The summed E-state index contributed by atoms with van der Waals surface area (Å²) in [5, 5.41) is 3.62. The first-order valence-electron chi connectivity index (χ1n) is 9.88. The van der Waals surface area contributed by atoms with Gasteiger partial charge in [-0.05, 0) is 42.9 Å². The Hall–Kier alpha value is -2.74. The summed E-state index contributed by atoms with van der Waals surface area (Å²) in [6.07, 6.45) is 1.92.